The van der Waals surface area contributed by atoms with Crippen molar-refractivity contribution in [2.24, 2.45) is 0 Å². The van der Waals surface area contributed by atoms with Crippen LogP contribution in [0.25, 0.3) is 127 Å². The van der Waals surface area contributed by atoms with Gasteiger partial charge in [-0.2, -0.15) is 0 Å². The fourth-order valence-electron chi connectivity index (χ4n) is 11.3. The lowest BCUT2D eigenvalue weighted by atomic mass is 9.93. The Morgan fingerprint density at radius 2 is 0.743 bits per heavy atom. The Hall–Kier alpha value is -9.70. The third-order valence-corrected chi connectivity index (χ3v) is 14.3. The molecule has 13 rings (SSSR count). The average molecular weight is 949 g/mol. The van der Waals surface area contributed by atoms with Crippen LogP contribution < -0.4 is 0 Å². The van der Waals surface area contributed by atoms with Crippen molar-refractivity contribution in [1.29, 1.82) is 0 Å². The van der Waals surface area contributed by atoms with Gasteiger partial charge in [-0.3, -0.25) is 0 Å². The number of hydrogen-bond acceptors (Lipinski definition) is 3. The van der Waals surface area contributed by atoms with E-state index in [0.717, 1.165) is 93.9 Å². The van der Waals surface area contributed by atoms with Crippen molar-refractivity contribution in [3.05, 3.63) is 252 Å². The zero-order valence-electron chi connectivity index (χ0n) is 41.5. The largest absolute Gasteiger partial charge is 0.310 e. The predicted molar refractivity (Wildman–Crippen MR) is 306 cm³/mol. The fourth-order valence-corrected chi connectivity index (χ4v) is 11.3. The zero-order valence-corrected chi connectivity index (χ0v) is 41.5. The molecule has 0 aliphatic rings. The first kappa shape index (κ1) is 44.3. The van der Waals surface area contributed by atoms with Crippen LogP contribution in [0.2, 0.25) is 0 Å². The molecule has 0 N–H and O–H groups in total. The first-order valence-electron chi connectivity index (χ1n) is 25.0. The highest BCUT2D eigenvalue weighted by atomic mass is 15.0. The SMILES string of the molecule is [C-]#[N+]c1cccc(-n2c3ccccc3c3cc(-c4cc(C)cc(C)c4)ccc32)c1-c1c(-c2nc(-c3ccccc3)nc(-c3ccccc3)n2)cccc1-n1c2ccccc2c2cc(-c3cc(C)cc(C)c3)ccc21. The Kier molecular flexibility index (Phi) is 10.7. The van der Waals surface area contributed by atoms with Crippen LogP contribution in [0, 0.1) is 34.3 Å². The maximum Gasteiger partial charge on any atom is 0.197 e. The van der Waals surface area contributed by atoms with E-state index in [-0.39, 0.29) is 0 Å². The highest BCUT2D eigenvalue weighted by Crippen LogP contribution is 2.49. The smallest absolute Gasteiger partial charge is 0.197 e. The van der Waals surface area contributed by atoms with E-state index in [9.17, 15) is 0 Å². The fraction of sp³-hybridized carbons (Fsp3) is 0.0588. The summed E-state index contributed by atoms with van der Waals surface area (Å²) in [5, 5.41) is 4.51. The molecule has 0 bridgehead atoms. The van der Waals surface area contributed by atoms with Crippen LogP contribution in [-0.2, 0) is 0 Å². The molecule has 0 aliphatic heterocycles. The minimum absolute atomic E-state index is 0.499. The van der Waals surface area contributed by atoms with Gasteiger partial charge in [0.15, 0.2) is 23.2 Å². The normalized spacial score (nSPS) is 11.5. The molecule has 0 unspecified atom stereocenters. The van der Waals surface area contributed by atoms with Gasteiger partial charge in [-0.05, 0) is 98.5 Å². The van der Waals surface area contributed by atoms with Crippen molar-refractivity contribution < 1.29 is 0 Å². The molecule has 0 amide bonds. The Morgan fingerprint density at radius 3 is 1.23 bits per heavy atom. The van der Waals surface area contributed by atoms with E-state index in [4.69, 9.17) is 21.5 Å². The molecule has 6 heteroatoms. The summed E-state index contributed by atoms with van der Waals surface area (Å²) in [7, 11) is 0. The summed E-state index contributed by atoms with van der Waals surface area (Å²) in [5.74, 6) is 1.61. The van der Waals surface area contributed by atoms with Crippen LogP contribution in [-0.4, -0.2) is 24.1 Å². The van der Waals surface area contributed by atoms with Crippen molar-refractivity contribution in [2.75, 3.05) is 0 Å². The molecule has 350 valence electrons. The quantitative estimate of drug-likeness (QED) is 0.143. The summed E-state index contributed by atoms with van der Waals surface area (Å²) in [4.78, 5) is 20.3. The van der Waals surface area contributed by atoms with Crippen LogP contribution in [0.1, 0.15) is 22.3 Å². The molecule has 0 saturated carbocycles. The van der Waals surface area contributed by atoms with E-state index in [2.05, 4.69) is 187 Å². The molecule has 0 fully saturated rings. The standard InChI is InChI=1S/C68H48N6/c1-42-34-43(2)37-50(36-42)48-30-32-60-55(40-48)52-22-12-14-26-58(52)73(60)62-28-16-24-54(68-71-66(46-18-8-6-9-19-46)70-67(72-68)47-20-10-7-11-21-47)64(62)65-57(69-5)25-17-29-63(65)74-59-27-15-13-23-53(59)56-41-49(31-33-61(56)74)51-38-44(3)35-45(4)39-51/h6-41H,1-4H3. The third-order valence-electron chi connectivity index (χ3n) is 14.3. The van der Waals surface area contributed by atoms with Crippen LogP contribution in [0.5, 0.6) is 0 Å². The molecular weight excluding hydrogens is 901 g/mol. The van der Waals surface area contributed by atoms with E-state index in [1.165, 1.54) is 33.4 Å². The van der Waals surface area contributed by atoms with Crippen molar-refractivity contribution >= 4 is 49.3 Å². The predicted octanol–water partition coefficient (Wildman–Crippen LogP) is 17.9. The van der Waals surface area contributed by atoms with Gasteiger partial charge in [-0.25, -0.2) is 19.8 Å². The van der Waals surface area contributed by atoms with E-state index in [0.29, 0.717) is 23.2 Å². The minimum atomic E-state index is 0.499. The molecule has 3 aromatic heterocycles. The average Bonchev–Trinajstić information content (AvgIpc) is 3.95. The monoisotopic (exact) mass is 948 g/mol. The third kappa shape index (κ3) is 7.53. The van der Waals surface area contributed by atoms with Gasteiger partial charge in [-0.1, -0.05) is 192 Å². The minimum Gasteiger partial charge on any atom is -0.310 e. The summed E-state index contributed by atoms with van der Waals surface area (Å²) in [5.41, 5.74) is 20.2. The summed E-state index contributed by atoms with van der Waals surface area (Å²) in [6, 6.07) is 77.1. The second-order valence-corrected chi connectivity index (χ2v) is 19.4. The highest BCUT2D eigenvalue weighted by Gasteiger charge is 2.27. The Labute approximate surface area is 430 Å². The van der Waals surface area contributed by atoms with Crippen molar-refractivity contribution in [3.63, 3.8) is 0 Å². The van der Waals surface area contributed by atoms with Gasteiger partial charge in [0, 0.05) is 55.0 Å². The van der Waals surface area contributed by atoms with Gasteiger partial charge >= 0.3 is 0 Å². The number of aryl methyl sites for hydroxylation is 4. The lowest BCUT2D eigenvalue weighted by Crippen LogP contribution is -2.06. The van der Waals surface area contributed by atoms with Crippen LogP contribution in [0.3, 0.4) is 0 Å². The van der Waals surface area contributed by atoms with Crippen LogP contribution in [0.15, 0.2) is 218 Å². The lowest BCUT2D eigenvalue weighted by Gasteiger charge is -2.22. The molecule has 3 heterocycles. The second-order valence-electron chi connectivity index (χ2n) is 19.4. The first-order chi connectivity index (χ1) is 36.3. The molecule has 0 radical (unpaired) electrons. The van der Waals surface area contributed by atoms with Crippen molar-refractivity contribution in [2.45, 2.75) is 27.7 Å². The Morgan fingerprint density at radius 1 is 0.324 bits per heavy atom. The topological polar surface area (TPSA) is 52.9 Å². The molecule has 0 spiro atoms. The van der Waals surface area contributed by atoms with E-state index >= 15 is 0 Å². The maximum atomic E-state index is 9.02. The highest BCUT2D eigenvalue weighted by molar-refractivity contribution is 6.14. The summed E-state index contributed by atoms with van der Waals surface area (Å²) >= 11 is 0. The number of benzene rings is 10. The maximum absolute atomic E-state index is 9.02. The summed E-state index contributed by atoms with van der Waals surface area (Å²) < 4.78 is 4.72. The molecule has 74 heavy (non-hydrogen) atoms. The van der Waals surface area contributed by atoms with E-state index < -0.39 is 0 Å². The number of nitrogens with zero attached hydrogens (tertiary/aromatic N) is 6. The second kappa shape index (κ2) is 17.9. The molecular formula is C68H48N6. The summed E-state index contributed by atoms with van der Waals surface area (Å²) in [6.45, 7) is 17.6. The van der Waals surface area contributed by atoms with Crippen LogP contribution >= 0.6 is 0 Å². The number of fused-ring (bicyclic) bond motifs is 6. The number of aromatic nitrogens is 5. The molecule has 6 nitrogen and oxygen atoms in total. The molecule has 13 aromatic rings. The van der Waals surface area contributed by atoms with Crippen molar-refractivity contribution in [1.82, 2.24) is 24.1 Å². The first-order valence-corrected chi connectivity index (χ1v) is 25.0. The van der Waals surface area contributed by atoms with Crippen LogP contribution in [0.4, 0.5) is 5.69 Å². The Bertz CT molecular complexity index is 4320. The van der Waals surface area contributed by atoms with Gasteiger partial charge in [-0.15, -0.1) is 0 Å². The zero-order chi connectivity index (χ0) is 50.0. The van der Waals surface area contributed by atoms with Gasteiger partial charge < -0.3 is 9.13 Å². The number of para-hydroxylation sites is 2. The van der Waals surface area contributed by atoms with E-state index in [1.807, 2.05) is 72.8 Å². The lowest BCUT2D eigenvalue weighted by molar-refractivity contribution is 1.07. The number of hydrogen-bond donors (Lipinski definition) is 0. The van der Waals surface area contributed by atoms with E-state index in [1.54, 1.807) is 0 Å². The van der Waals surface area contributed by atoms with Gasteiger partial charge in [0.2, 0.25) is 0 Å². The van der Waals surface area contributed by atoms with Gasteiger partial charge in [0.25, 0.3) is 0 Å². The van der Waals surface area contributed by atoms with Crippen molar-refractivity contribution in [3.8, 4) is 78.9 Å². The molecule has 0 aliphatic carbocycles. The van der Waals surface area contributed by atoms with Gasteiger partial charge in [0.1, 0.15) is 0 Å². The molecule has 0 atom stereocenters. The summed E-state index contributed by atoms with van der Waals surface area (Å²) in [6.07, 6.45) is 0. The molecule has 0 saturated heterocycles. The number of rotatable bonds is 8. The van der Waals surface area contributed by atoms with Gasteiger partial charge in [0.05, 0.1) is 34.3 Å². The Balaban J connectivity index is 1.15. The molecule has 10 aromatic carbocycles.